The monoisotopic (exact) mass is 374 g/mol. The Hall–Kier alpha value is -2.54. The second-order valence-electron chi connectivity index (χ2n) is 7.91. The average Bonchev–Trinajstić information content (AvgIpc) is 2.96. The number of piperidine rings is 1. The Balaban J connectivity index is 1.74. The van der Waals surface area contributed by atoms with E-state index in [1.54, 1.807) is 6.07 Å². The second kappa shape index (κ2) is 7.60. The highest BCUT2D eigenvalue weighted by molar-refractivity contribution is 5.81. The summed E-state index contributed by atoms with van der Waals surface area (Å²) < 4.78 is 11.1. The van der Waals surface area contributed by atoms with Crippen molar-refractivity contribution in [3.8, 4) is 0 Å². The molecule has 0 saturated carbocycles. The van der Waals surface area contributed by atoms with Gasteiger partial charge in [0.05, 0.1) is 0 Å². The largest absolute Gasteiger partial charge is 0.480 e. The van der Waals surface area contributed by atoms with Crippen molar-refractivity contribution in [2.24, 2.45) is 0 Å². The quantitative estimate of drug-likeness (QED) is 0.850. The number of nitrogens with one attached hydrogen (secondary N) is 1. The van der Waals surface area contributed by atoms with E-state index >= 15 is 0 Å². The molecule has 1 aromatic heterocycles. The van der Waals surface area contributed by atoms with Crippen LogP contribution in [0.5, 0.6) is 0 Å². The third-order valence-electron chi connectivity index (χ3n) is 4.49. The van der Waals surface area contributed by atoms with Gasteiger partial charge in [0.1, 0.15) is 16.9 Å². The van der Waals surface area contributed by atoms with Gasteiger partial charge in [-0.25, -0.2) is 4.79 Å². The number of aliphatic carboxylic acids is 1. The predicted octanol–water partition coefficient (Wildman–Crippen LogP) is 3.55. The maximum atomic E-state index is 12.0. The van der Waals surface area contributed by atoms with E-state index in [-0.39, 0.29) is 6.04 Å². The Morgan fingerprint density at radius 1 is 1.33 bits per heavy atom. The molecule has 0 spiro atoms. The zero-order chi connectivity index (χ0) is 19.6. The van der Waals surface area contributed by atoms with Gasteiger partial charge < -0.3 is 19.6 Å². The third-order valence-corrected chi connectivity index (χ3v) is 4.49. The molecule has 1 aromatic carbocycles. The van der Waals surface area contributed by atoms with Crippen LogP contribution in [0, 0.1) is 0 Å². The van der Waals surface area contributed by atoms with Crippen molar-refractivity contribution in [3.63, 3.8) is 0 Å². The number of carboxylic acids is 1. The Morgan fingerprint density at radius 3 is 2.74 bits per heavy atom. The number of alkyl carbamates (subject to hydrolysis) is 1. The van der Waals surface area contributed by atoms with Crippen molar-refractivity contribution >= 4 is 23.0 Å². The number of furan rings is 1. The lowest BCUT2D eigenvalue weighted by molar-refractivity contribution is -0.144. The highest BCUT2D eigenvalue weighted by Crippen LogP contribution is 2.30. The standard InChI is InChI=1S/C20H26N2O5/c1-20(2,3)27-19(25)21-14-8-6-10-22(12-14)17(18(23)24)16-11-13-7-4-5-9-15(13)26-16/h4-5,7,9,11,14,17H,6,8,10,12H2,1-3H3,(H,21,25)(H,23,24)/t14-,17+/m0/s1. The minimum Gasteiger partial charge on any atom is -0.480 e. The topological polar surface area (TPSA) is 92.0 Å². The molecule has 7 nitrogen and oxygen atoms in total. The minimum atomic E-state index is -0.966. The van der Waals surface area contributed by atoms with E-state index in [4.69, 9.17) is 9.15 Å². The first-order valence-corrected chi connectivity index (χ1v) is 9.18. The summed E-state index contributed by atoms with van der Waals surface area (Å²) in [7, 11) is 0. The number of hydrogen-bond acceptors (Lipinski definition) is 5. The lowest BCUT2D eigenvalue weighted by Crippen LogP contribution is -2.50. The number of likely N-dealkylation sites (tertiary alicyclic amines) is 1. The van der Waals surface area contributed by atoms with Crippen molar-refractivity contribution in [1.29, 1.82) is 0 Å². The van der Waals surface area contributed by atoms with Gasteiger partial charge >= 0.3 is 12.1 Å². The molecule has 1 aliphatic rings. The SMILES string of the molecule is CC(C)(C)OC(=O)N[C@H]1CCCN([C@@H](C(=O)O)c2cc3ccccc3o2)C1. The fourth-order valence-corrected chi connectivity index (χ4v) is 3.43. The Kier molecular flexibility index (Phi) is 5.41. The van der Waals surface area contributed by atoms with Crippen LogP contribution < -0.4 is 5.32 Å². The molecule has 2 heterocycles. The molecular weight excluding hydrogens is 348 g/mol. The molecule has 1 saturated heterocycles. The number of rotatable bonds is 4. The number of carbonyl (C=O) groups is 2. The number of benzene rings is 1. The van der Waals surface area contributed by atoms with Crippen molar-refractivity contribution in [2.45, 2.75) is 51.3 Å². The smallest absolute Gasteiger partial charge is 0.407 e. The third kappa shape index (κ3) is 4.80. The molecule has 0 radical (unpaired) electrons. The maximum Gasteiger partial charge on any atom is 0.407 e. The van der Waals surface area contributed by atoms with Crippen LogP contribution in [0.15, 0.2) is 34.7 Å². The van der Waals surface area contributed by atoms with Crippen molar-refractivity contribution in [2.75, 3.05) is 13.1 Å². The van der Waals surface area contributed by atoms with Crippen LogP contribution in [-0.4, -0.2) is 46.8 Å². The van der Waals surface area contributed by atoms with E-state index in [1.165, 1.54) is 0 Å². The van der Waals surface area contributed by atoms with E-state index in [2.05, 4.69) is 5.32 Å². The minimum absolute atomic E-state index is 0.167. The average molecular weight is 374 g/mol. The number of nitrogens with zero attached hydrogens (tertiary/aromatic N) is 1. The molecular formula is C20H26N2O5. The number of fused-ring (bicyclic) bond motifs is 1. The summed E-state index contributed by atoms with van der Waals surface area (Å²) in [5.41, 5.74) is 0.0928. The molecule has 0 unspecified atom stereocenters. The Labute approximate surface area is 158 Å². The molecule has 146 valence electrons. The summed E-state index contributed by atoms with van der Waals surface area (Å²) in [4.78, 5) is 25.9. The summed E-state index contributed by atoms with van der Waals surface area (Å²) in [6.07, 6.45) is 1.08. The normalized spacial score (nSPS) is 19.6. The fourth-order valence-electron chi connectivity index (χ4n) is 3.43. The van der Waals surface area contributed by atoms with Gasteiger partial charge in [0, 0.05) is 18.0 Å². The summed E-state index contributed by atoms with van der Waals surface area (Å²) in [6, 6.07) is 8.18. The molecule has 0 bridgehead atoms. The molecule has 1 fully saturated rings. The number of carboxylic acid groups (broad SMARTS) is 1. The van der Waals surface area contributed by atoms with Crippen LogP contribution in [0.3, 0.4) is 0 Å². The number of ether oxygens (including phenoxy) is 1. The molecule has 7 heteroatoms. The summed E-state index contributed by atoms with van der Waals surface area (Å²) in [5, 5.41) is 13.5. The van der Waals surface area contributed by atoms with Gasteiger partial charge in [0.25, 0.3) is 0 Å². The van der Waals surface area contributed by atoms with Crippen LogP contribution in [0.1, 0.15) is 45.4 Å². The van der Waals surface area contributed by atoms with Crippen LogP contribution in [0.25, 0.3) is 11.0 Å². The van der Waals surface area contributed by atoms with E-state index < -0.39 is 23.7 Å². The molecule has 2 N–H and O–H groups in total. The predicted molar refractivity (Wildman–Crippen MR) is 101 cm³/mol. The number of carbonyl (C=O) groups excluding carboxylic acids is 1. The van der Waals surface area contributed by atoms with Gasteiger partial charge in [-0.05, 0) is 52.3 Å². The first-order valence-electron chi connectivity index (χ1n) is 9.18. The van der Waals surface area contributed by atoms with E-state index in [0.717, 1.165) is 18.2 Å². The summed E-state index contributed by atoms with van der Waals surface area (Å²) in [5.74, 6) is -0.561. The highest BCUT2D eigenvalue weighted by atomic mass is 16.6. The van der Waals surface area contributed by atoms with Gasteiger partial charge in [-0.1, -0.05) is 18.2 Å². The lowest BCUT2D eigenvalue weighted by atomic mass is 10.0. The van der Waals surface area contributed by atoms with Crippen molar-refractivity contribution in [1.82, 2.24) is 10.2 Å². The van der Waals surface area contributed by atoms with Crippen LogP contribution in [-0.2, 0) is 9.53 Å². The number of hydrogen-bond donors (Lipinski definition) is 2. The maximum absolute atomic E-state index is 12.0. The van der Waals surface area contributed by atoms with Gasteiger partial charge in [0.15, 0.2) is 6.04 Å². The summed E-state index contributed by atoms with van der Waals surface area (Å²) in [6.45, 7) is 6.47. The number of para-hydroxylation sites is 1. The molecule has 27 heavy (non-hydrogen) atoms. The molecule has 2 atom stereocenters. The first kappa shape index (κ1) is 19.2. The first-order chi connectivity index (χ1) is 12.7. The van der Waals surface area contributed by atoms with Crippen molar-refractivity contribution in [3.05, 3.63) is 36.1 Å². The zero-order valence-corrected chi connectivity index (χ0v) is 15.9. The van der Waals surface area contributed by atoms with E-state index in [0.29, 0.717) is 24.4 Å². The van der Waals surface area contributed by atoms with Gasteiger partial charge in [0.2, 0.25) is 0 Å². The van der Waals surface area contributed by atoms with Crippen LogP contribution in [0.2, 0.25) is 0 Å². The Bertz CT molecular complexity index is 790. The highest BCUT2D eigenvalue weighted by Gasteiger charge is 2.35. The fraction of sp³-hybridized carbons (Fsp3) is 0.500. The molecule has 1 aliphatic heterocycles. The van der Waals surface area contributed by atoms with Gasteiger partial charge in [-0.3, -0.25) is 9.69 Å². The Morgan fingerprint density at radius 2 is 2.07 bits per heavy atom. The van der Waals surface area contributed by atoms with Crippen LogP contribution in [0.4, 0.5) is 4.79 Å². The molecule has 1 amide bonds. The van der Waals surface area contributed by atoms with Gasteiger partial charge in [-0.2, -0.15) is 0 Å². The zero-order valence-electron chi connectivity index (χ0n) is 15.9. The summed E-state index contributed by atoms with van der Waals surface area (Å²) >= 11 is 0. The second-order valence-corrected chi connectivity index (χ2v) is 7.91. The van der Waals surface area contributed by atoms with Crippen molar-refractivity contribution < 1.29 is 23.8 Å². The molecule has 3 rings (SSSR count). The molecule has 0 aliphatic carbocycles. The van der Waals surface area contributed by atoms with Crippen LogP contribution >= 0.6 is 0 Å². The van der Waals surface area contributed by atoms with Gasteiger partial charge in [-0.15, -0.1) is 0 Å². The number of amides is 1. The van der Waals surface area contributed by atoms with E-state index in [1.807, 2.05) is 49.9 Å². The molecule has 2 aromatic rings. The van der Waals surface area contributed by atoms with E-state index in [9.17, 15) is 14.7 Å². The lowest BCUT2D eigenvalue weighted by Gasteiger charge is -2.36.